The van der Waals surface area contributed by atoms with E-state index in [2.05, 4.69) is 0 Å². The third-order valence-corrected chi connectivity index (χ3v) is 1.50. The van der Waals surface area contributed by atoms with Crippen LogP contribution in [-0.4, -0.2) is 12.1 Å². The number of aromatic hydroxyl groups is 1. The van der Waals surface area contributed by atoms with Crippen LogP contribution in [-0.2, 0) is 0 Å². The molecule has 0 fully saturated rings. The van der Waals surface area contributed by atoms with E-state index in [4.69, 9.17) is 16.7 Å². The summed E-state index contributed by atoms with van der Waals surface area (Å²) in [6.45, 7) is -5.09. The number of rotatable bonds is 1. The van der Waals surface area contributed by atoms with Gasteiger partial charge in [-0.25, -0.2) is 0 Å². The van der Waals surface area contributed by atoms with E-state index < -0.39 is 18.2 Å². The minimum atomic E-state index is -5.09. The first kappa shape index (κ1) is 13.8. The largest absolute Gasteiger partial charge is 1.00 e. The quantitative estimate of drug-likeness (QED) is 0.625. The molecule has 66 valence electrons. The summed E-state index contributed by atoms with van der Waals surface area (Å²) in [5, 5.41) is 8.66. The summed E-state index contributed by atoms with van der Waals surface area (Å²) >= 11 is 5.31. The van der Waals surface area contributed by atoms with Gasteiger partial charge >= 0.3 is 58.4 Å². The van der Waals surface area contributed by atoms with Crippen molar-refractivity contribution in [2.45, 2.75) is 0 Å². The van der Waals surface area contributed by atoms with E-state index in [1.807, 2.05) is 0 Å². The maximum atomic E-state index is 12.0. The van der Waals surface area contributed by atoms with Crippen molar-refractivity contribution in [3.05, 3.63) is 23.2 Å². The van der Waals surface area contributed by atoms with Crippen LogP contribution in [0.3, 0.4) is 0 Å². The van der Waals surface area contributed by atoms with Crippen LogP contribution >= 0.6 is 11.6 Å². The van der Waals surface area contributed by atoms with Gasteiger partial charge in [0.1, 0.15) is 5.75 Å². The van der Waals surface area contributed by atoms with Crippen LogP contribution in [0, 0.1) is 0 Å². The van der Waals surface area contributed by atoms with E-state index in [1.54, 1.807) is 0 Å². The first-order valence-corrected chi connectivity index (χ1v) is 3.47. The van der Waals surface area contributed by atoms with Gasteiger partial charge in [0, 0.05) is 5.02 Å². The first-order valence-electron chi connectivity index (χ1n) is 3.09. The van der Waals surface area contributed by atoms with Gasteiger partial charge in [-0.3, -0.25) is 0 Å². The SMILES string of the molecule is Oc1cc(Cl)cc([B-](F)(F)F)c1.[K+]. The predicted octanol–water partition coefficient (Wildman–Crippen LogP) is -0.896. The number of hydrogen-bond donors (Lipinski definition) is 1. The summed E-state index contributed by atoms with van der Waals surface area (Å²) in [5.74, 6) is -0.475. The molecule has 1 N–H and O–H groups in total. The van der Waals surface area contributed by atoms with Crippen LogP contribution in [0.4, 0.5) is 12.9 Å². The standard InChI is InChI=1S/C6H4BClF3O.K/c8-5-1-4(7(9,10)11)2-6(12)3-5;/h1-3,12H;/q-1;+1. The molecule has 0 saturated heterocycles. The minimum absolute atomic E-state index is 0. The molecule has 0 saturated carbocycles. The van der Waals surface area contributed by atoms with Gasteiger partial charge in [-0.05, 0) is 12.1 Å². The summed E-state index contributed by atoms with van der Waals surface area (Å²) in [6.07, 6.45) is 0. The minimum Gasteiger partial charge on any atom is -0.508 e. The van der Waals surface area contributed by atoms with Gasteiger partial charge in [0.15, 0.2) is 0 Å². The van der Waals surface area contributed by atoms with Gasteiger partial charge in [-0.2, -0.15) is 0 Å². The van der Waals surface area contributed by atoms with Gasteiger partial charge in [0.2, 0.25) is 0 Å². The fraction of sp³-hybridized carbons (Fsp3) is 0. The van der Waals surface area contributed by atoms with Gasteiger partial charge in [0.05, 0.1) is 0 Å². The summed E-state index contributed by atoms with van der Waals surface area (Å²) in [7, 11) is 0. The molecule has 0 aliphatic heterocycles. The van der Waals surface area contributed by atoms with E-state index >= 15 is 0 Å². The third kappa shape index (κ3) is 4.23. The van der Waals surface area contributed by atoms with Crippen molar-refractivity contribution in [3.63, 3.8) is 0 Å². The summed E-state index contributed by atoms with van der Waals surface area (Å²) < 4.78 is 36.1. The summed E-state index contributed by atoms with van der Waals surface area (Å²) in [5.41, 5.74) is -0.889. The molecule has 1 nitrogen and oxygen atoms in total. The summed E-state index contributed by atoms with van der Waals surface area (Å²) in [4.78, 5) is 0. The second-order valence-electron chi connectivity index (χ2n) is 2.32. The Labute approximate surface area is 121 Å². The maximum Gasteiger partial charge on any atom is 1.00 e. The fourth-order valence-corrected chi connectivity index (χ4v) is 1.02. The van der Waals surface area contributed by atoms with E-state index in [0.717, 1.165) is 12.1 Å². The van der Waals surface area contributed by atoms with Crippen LogP contribution in [0.5, 0.6) is 5.75 Å². The molecule has 1 rings (SSSR count). The topological polar surface area (TPSA) is 20.2 Å². The normalized spacial score (nSPS) is 10.8. The molecule has 0 atom stereocenters. The number of hydrogen-bond acceptors (Lipinski definition) is 1. The Bertz CT molecular complexity index is 284. The Kier molecular flexibility index (Phi) is 5.35. The number of phenols is 1. The summed E-state index contributed by atoms with van der Waals surface area (Å²) in [6, 6.07) is 2.47. The van der Waals surface area contributed by atoms with Crippen molar-refractivity contribution >= 4 is 24.0 Å². The Morgan fingerprint density at radius 2 is 1.69 bits per heavy atom. The molecule has 1 aromatic rings. The van der Waals surface area contributed by atoms with Crippen molar-refractivity contribution in [3.8, 4) is 5.75 Å². The third-order valence-electron chi connectivity index (χ3n) is 1.28. The zero-order chi connectivity index (χ0) is 9.35. The average molecular weight is 234 g/mol. The predicted molar refractivity (Wildman–Crippen MR) is 41.8 cm³/mol. The van der Waals surface area contributed by atoms with Gasteiger partial charge in [-0.1, -0.05) is 17.7 Å². The number of halogens is 4. The molecule has 13 heavy (non-hydrogen) atoms. The van der Waals surface area contributed by atoms with Crippen LogP contribution in [0.2, 0.25) is 5.02 Å². The molecule has 0 aromatic heterocycles. The van der Waals surface area contributed by atoms with Gasteiger partial charge in [0.25, 0.3) is 0 Å². The molecule has 0 radical (unpaired) electrons. The molecule has 0 unspecified atom stereocenters. The Morgan fingerprint density at radius 1 is 1.15 bits per heavy atom. The molecule has 0 aliphatic carbocycles. The smallest absolute Gasteiger partial charge is 0.508 e. The molecular formula is C6H4BClF3KO. The Hall–Kier alpha value is 0.801. The molecular weight excluding hydrogens is 230 g/mol. The molecule has 0 aliphatic rings. The molecule has 0 heterocycles. The molecule has 0 bridgehead atoms. The first-order chi connectivity index (χ1) is 5.39. The van der Waals surface area contributed by atoms with Gasteiger partial charge < -0.3 is 18.1 Å². The fourth-order valence-electron chi connectivity index (χ4n) is 0.785. The van der Waals surface area contributed by atoms with Crippen LogP contribution in [0.25, 0.3) is 0 Å². The average Bonchev–Trinajstić information content (AvgIpc) is 1.82. The Balaban J connectivity index is 0.00000144. The molecule has 7 heteroatoms. The van der Waals surface area contributed by atoms with Crippen molar-refractivity contribution in [2.75, 3.05) is 0 Å². The van der Waals surface area contributed by atoms with Crippen molar-refractivity contribution in [2.24, 2.45) is 0 Å². The van der Waals surface area contributed by atoms with E-state index in [1.165, 1.54) is 0 Å². The van der Waals surface area contributed by atoms with E-state index in [-0.39, 0.29) is 56.4 Å². The number of phenolic OH excluding ortho intramolecular Hbond substituents is 1. The van der Waals surface area contributed by atoms with Crippen molar-refractivity contribution < 1.29 is 69.4 Å². The van der Waals surface area contributed by atoms with E-state index in [0.29, 0.717) is 6.07 Å². The molecule has 1 aromatic carbocycles. The molecule has 0 amide bonds. The van der Waals surface area contributed by atoms with Crippen molar-refractivity contribution in [1.29, 1.82) is 0 Å². The van der Waals surface area contributed by atoms with E-state index in [9.17, 15) is 12.9 Å². The second kappa shape index (κ2) is 5.04. The Morgan fingerprint density at radius 3 is 2.08 bits per heavy atom. The molecule has 0 spiro atoms. The second-order valence-corrected chi connectivity index (χ2v) is 2.75. The number of benzene rings is 1. The van der Waals surface area contributed by atoms with Crippen LogP contribution < -0.4 is 56.8 Å². The van der Waals surface area contributed by atoms with Crippen molar-refractivity contribution in [1.82, 2.24) is 0 Å². The van der Waals surface area contributed by atoms with Gasteiger partial charge in [-0.15, -0.1) is 5.46 Å². The van der Waals surface area contributed by atoms with Crippen LogP contribution in [0.1, 0.15) is 0 Å². The van der Waals surface area contributed by atoms with Crippen LogP contribution in [0.15, 0.2) is 18.2 Å². The zero-order valence-electron chi connectivity index (χ0n) is 6.77. The monoisotopic (exact) mass is 234 g/mol. The maximum absolute atomic E-state index is 12.0. The zero-order valence-corrected chi connectivity index (χ0v) is 10.6.